The van der Waals surface area contributed by atoms with Crippen LogP contribution in [0.1, 0.15) is 0 Å². The largest absolute Gasteiger partial charge is 0.325 e. The molecule has 0 saturated heterocycles. The van der Waals surface area contributed by atoms with Gasteiger partial charge in [-0.05, 0) is 30.3 Å². The number of amides is 1. The molecule has 4 rings (SSSR count). The Kier molecular flexibility index (Phi) is 5.23. The van der Waals surface area contributed by atoms with Crippen LogP contribution >= 0.6 is 23.4 Å². The molecule has 1 amide bonds. The Bertz CT molecular complexity index is 1150. The number of rotatable bonds is 5. The molecular weight excluding hydrogens is 401 g/mol. The van der Waals surface area contributed by atoms with Crippen LogP contribution in [0.4, 0.5) is 10.1 Å². The molecule has 4 aromatic rings. The summed E-state index contributed by atoms with van der Waals surface area (Å²) in [7, 11) is 0. The van der Waals surface area contributed by atoms with Crippen molar-refractivity contribution in [3.8, 4) is 5.69 Å². The van der Waals surface area contributed by atoms with Crippen molar-refractivity contribution in [2.24, 2.45) is 0 Å². The van der Waals surface area contributed by atoms with Crippen LogP contribution in [0.15, 0.2) is 66.1 Å². The van der Waals surface area contributed by atoms with E-state index in [0.29, 0.717) is 16.4 Å². The number of anilines is 1. The highest BCUT2D eigenvalue weighted by Crippen LogP contribution is 2.26. The Morgan fingerprint density at radius 2 is 2.00 bits per heavy atom. The molecule has 0 bridgehead atoms. The number of thioether (sulfide) groups is 1. The maximum absolute atomic E-state index is 13.2. The van der Waals surface area contributed by atoms with Crippen LogP contribution in [-0.4, -0.2) is 31.4 Å². The molecule has 1 N–H and O–H groups in total. The van der Waals surface area contributed by atoms with Crippen LogP contribution in [-0.2, 0) is 4.79 Å². The SMILES string of the molecule is O=C(CSc1ncnc2c1cnn2-c1ccccc1)Nc1ccc(F)c(Cl)c1. The fraction of sp³-hybridized carbons (Fsp3) is 0.0526. The topological polar surface area (TPSA) is 72.7 Å². The van der Waals surface area contributed by atoms with Crippen molar-refractivity contribution in [3.63, 3.8) is 0 Å². The lowest BCUT2D eigenvalue weighted by Gasteiger charge is -2.06. The van der Waals surface area contributed by atoms with E-state index in [-0.39, 0.29) is 16.7 Å². The molecule has 0 aliphatic carbocycles. The molecule has 28 heavy (non-hydrogen) atoms. The van der Waals surface area contributed by atoms with Crippen LogP contribution < -0.4 is 5.32 Å². The highest BCUT2D eigenvalue weighted by molar-refractivity contribution is 8.00. The summed E-state index contributed by atoms with van der Waals surface area (Å²) >= 11 is 7.00. The van der Waals surface area contributed by atoms with E-state index < -0.39 is 5.82 Å². The van der Waals surface area contributed by atoms with Gasteiger partial charge in [0, 0.05) is 5.69 Å². The molecule has 2 aromatic carbocycles. The molecule has 0 saturated carbocycles. The molecular formula is C19H13ClFN5OS. The monoisotopic (exact) mass is 413 g/mol. The molecule has 0 aliphatic heterocycles. The third-order valence-electron chi connectivity index (χ3n) is 3.87. The Morgan fingerprint density at radius 1 is 1.18 bits per heavy atom. The third kappa shape index (κ3) is 3.83. The number of halogens is 2. The lowest BCUT2D eigenvalue weighted by atomic mass is 10.3. The summed E-state index contributed by atoms with van der Waals surface area (Å²) in [4.78, 5) is 20.8. The Labute approximate surface area is 168 Å². The van der Waals surface area contributed by atoms with Gasteiger partial charge < -0.3 is 5.32 Å². The molecule has 0 spiro atoms. The van der Waals surface area contributed by atoms with Gasteiger partial charge in [-0.2, -0.15) is 5.10 Å². The van der Waals surface area contributed by atoms with Gasteiger partial charge in [0.1, 0.15) is 17.2 Å². The van der Waals surface area contributed by atoms with Gasteiger partial charge in [-0.1, -0.05) is 41.6 Å². The maximum Gasteiger partial charge on any atom is 0.234 e. The number of nitrogens with zero attached hydrogens (tertiary/aromatic N) is 4. The van der Waals surface area contributed by atoms with E-state index in [1.54, 1.807) is 10.9 Å². The standard InChI is InChI=1S/C19H13ClFN5OS/c20-15-8-12(6-7-16(15)21)25-17(27)10-28-19-14-9-24-26(18(14)22-11-23-19)13-4-2-1-3-5-13/h1-9,11H,10H2,(H,25,27). The number of para-hydroxylation sites is 1. The zero-order valence-electron chi connectivity index (χ0n) is 14.3. The molecule has 0 unspecified atom stereocenters. The summed E-state index contributed by atoms with van der Waals surface area (Å²) in [5.74, 6) is -0.666. The molecule has 9 heteroatoms. The average molecular weight is 414 g/mol. The Morgan fingerprint density at radius 3 is 2.79 bits per heavy atom. The third-order valence-corrected chi connectivity index (χ3v) is 5.17. The second kappa shape index (κ2) is 7.95. The highest BCUT2D eigenvalue weighted by Gasteiger charge is 2.13. The van der Waals surface area contributed by atoms with Crippen molar-refractivity contribution in [1.82, 2.24) is 19.7 Å². The first-order valence-electron chi connectivity index (χ1n) is 8.23. The van der Waals surface area contributed by atoms with Crippen molar-refractivity contribution in [3.05, 3.63) is 71.9 Å². The second-order valence-corrected chi connectivity index (χ2v) is 7.15. The van der Waals surface area contributed by atoms with Gasteiger partial charge in [0.25, 0.3) is 0 Å². The quantitative estimate of drug-likeness (QED) is 0.389. The lowest BCUT2D eigenvalue weighted by Crippen LogP contribution is -2.14. The summed E-state index contributed by atoms with van der Waals surface area (Å²) in [6.07, 6.45) is 3.13. The molecule has 2 heterocycles. The van der Waals surface area contributed by atoms with Gasteiger partial charge in [-0.15, -0.1) is 0 Å². The van der Waals surface area contributed by atoms with Gasteiger partial charge >= 0.3 is 0 Å². The molecule has 0 fully saturated rings. The van der Waals surface area contributed by atoms with E-state index in [1.165, 1.54) is 36.3 Å². The van der Waals surface area contributed by atoms with Crippen molar-refractivity contribution in [2.75, 3.05) is 11.1 Å². The molecule has 6 nitrogen and oxygen atoms in total. The first-order valence-corrected chi connectivity index (χ1v) is 9.60. The summed E-state index contributed by atoms with van der Waals surface area (Å²) in [6, 6.07) is 13.7. The number of carbonyl (C=O) groups is 1. The summed E-state index contributed by atoms with van der Waals surface area (Å²) in [5, 5.41) is 8.44. The lowest BCUT2D eigenvalue weighted by molar-refractivity contribution is -0.113. The minimum Gasteiger partial charge on any atom is -0.325 e. The van der Waals surface area contributed by atoms with E-state index in [4.69, 9.17) is 11.6 Å². The number of benzene rings is 2. The smallest absolute Gasteiger partial charge is 0.234 e. The normalized spacial score (nSPS) is 10.9. The zero-order chi connectivity index (χ0) is 19.5. The van der Waals surface area contributed by atoms with E-state index in [1.807, 2.05) is 30.3 Å². The van der Waals surface area contributed by atoms with Crippen molar-refractivity contribution >= 4 is 46.0 Å². The molecule has 0 aliphatic rings. The van der Waals surface area contributed by atoms with Crippen molar-refractivity contribution in [1.29, 1.82) is 0 Å². The first-order chi connectivity index (χ1) is 13.6. The minimum absolute atomic E-state index is 0.0451. The van der Waals surface area contributed by atoms with E-state index in [2.05, 4.69) is 20.4 Å². The summed E-state index contributed by atoms with van der Waals surface area (Å²) in [6.45, 7) is 0. The van der Waals surface area contributed by atoms with Crippen molar-refractivity contribution in [2.45, 2.75) is 5.03 Å². The highest BCUT2D eigenvalue weighted by atomic mass is 35.5. The van der Waals surface area contributed by atoms with E-state index in [0.717, 1.165) is 11.1 Å². The number of nitrogens with one attached hydrogen (secondary N) is 1. The van der Waals surface area contributed by atoms with Crippen LogP contribution in [0.5, 0.6) is 0 Å². The van der Waals surface area contributed by atoms with Crippen LogP contribution in [0.3, 0.4) is 0 Å². The number of carbonyl (C=O) groups excluding carboxylic acids is 1. The van der Waals surface area contributed by atoms with Gasteiger partial charge in [-0.25, -0.2) is 19.0 Å². The number of hydrogen-bond donors (Lipinski definition) is 1. The Balaban J connectivity index is 1.50. The van der Waals surface area contributed by atoms with Gasteiger partial charge in [0.05, 0.1) is 28.0 Å². The molecule has 2 aromatic heterocycles. The number of hydrogen-bond acceptors (Lipinski definition) is 5. The second-order valence-electron chi connectivity index (χ2n) is 5.77. The maximum atomic E-state index is 13.2. The van der Waals surface area contributed by atoms with E-state index in [9.17, 15) is 9.18 Å². The van der Waals surface area contributed by atoms with Crippen LogP contribution in [0.2, 0.25) is 5.02 Å². The summed E-state index contributed by atoms with van der Waals surface area (Å²) < 4.78 is 14.9. The molecule has 140 valence electrons. The van der Waals surface area contributed by atoms with Crippen molar-refractivity contribution < 1.29 is 9.18 Å². The predicted octanol–water partition coefficient (Wildman–Crippen LogP) is 4.34. The van der Waals surface area contributed by atoms with Gasteiger partial charge in [-0.3, -0.25) is 4.79 Å². The van der Waals surface area contributed by atoms with Gasteiger partial charge in [0.15, 0.2) is 5.65 Å². The average Bonchev–Trinajstić information content (AvgIpc) is 3.15. The zero-order valence-corrected chi connectivity index (χ0v) is 15.9. The molecule has 0 atom stereocenters. The van der Waals surface area contributed by atoms with E-state index >= 15 is 0 Å². The first kappa shape index (κ1) is 18.4. The number of aromatic nitrogens is 4. The fourth-order valence-electron chi connectivity index (χ4n) is 2.60. The Hall–Kier alpha value is -2.97. The van der Waals surface area contributed by atoms with Gasteiger partial charge in [0.2, 0.25) is 5.91 Å². The molecule has 0 radical (unpaired) electrons. The fourth-order valence-corrected chi connectivity index (χ4v) is 3.54. The van der Waals surface area contributed by atoms with Crippen LogP contribution in [0, 0.1) is 5.82 Å². The predicted molar refractivity (Wildman–Crippen MR) is 107 cm³/mol. The summed E-state index contributed by atoms with van der Waals surface area (Å²) in [5.41, 5.74) is 1.98. The minimum atomic E-state index is -0.534. The number of fused-ring (bicyclic) bond motifs is 1. The van der Waals surface area contributed by atoms with Crippen LogP contribution in [0.25, 0.3) is 16.7 Å².